The second-order valence-electron chi connectivity index (χ2n) is 4.83. The zero-order valence-corrected chi connectivity index (χ0v) is 10.6. The van der Waals surface area contributed by atoms with E-state index in [2.05, 4.69) is 45.2 Å². The van der Waals surface area contributed by atoms with Crippen LogP contribution in [0.3, 0.4) is 0 Å². The lowest BCUT2D eigenvalue weighted by molar-refractivity contribution is 0.122. The Bertz CT molecular complexity index is 728. The molecule has 1 aliphatic rings. The summed E-state index contributed by atoms with van der Waals surface area (Å²) in [5, 5.41) is 2.50. The zero-order valence-electron chi connectivity index (χ0n) is 10.6. The lowest BCUT2D eigenvalue weighted by atomic mass is 10.2. The monoisotopic (exact) mass is 253 g/mol. The molecule has 0 atom stereocenters. The van der Waals surface area contributed by atoms with Crippen molar-refractivity contribution in [1.29, 1.82) is 0 Å². The number of aromatic nitrogens is 2. The summed E-state index contributed by atoms with van der Waals surface area (Å²) in [4.78, 5) is 10.4. The number of rotatable bonds is 1. The van der Waals surface area contributed by atoms with Gasteiger partial charge in [-0.15, -0.1) is 0 Å². The average molecular weight is 253 g/mol. The fourth-order valence-corrected chi connectivity index (χ4v) is 2.77. The smallest absolute Gasteiger partial charge is 0.153 e. The molecule has 0 aliphatic carbocycles. The summed E-state index contributed by atoms with van der Waals surface area (Å²) in [5.41, 5.74) is 2.30. The Morgan fingerprint density at radius 2 is 1.89 bits per heavy atom. The third-order valence-electron chi connectivity index (χ3n) is 3.72. The molecule has 2 aromatic heterocycles. The van der Waals surface area contributed by atoms with E-state index in [9.17, 15) is 0 Å². The van der Waals surface area contributed by atoms with Crippen molar-refractivity contribution in [2.45, 2.75) is 0 Å². The van der Waals surface area contributed by atoms with Gasteiger partial charge < -0.3 is 14.6 Å². The van der Waals surface area contributed by atoms with Crippen LogP contribution in [0.25, 0.3) is 21.8 Å². The molecule has 19 heavy (non-hydrogen) atoms. The molecule has 1 fully saturated rings. The van der Waals surface area contributed by atoms with Gasteiger partial charge in [-0.2, -0.15) is 0 Å². The van der Waals surface area contributed by atoms with Crippen LogP contribution in [0, 0.1) is 0 Å². The molecule has 4 rings (SSSR count). The first-order chi connectivity index (χ1) is 9.43. The Hall–Kier alpha value is -2.07. The van der Waals surface area contributed by atoms with Crippen LogP contribution in [0.2, 0.25) is 0 Å². The molecule has 0 bridgehead atoms. The summed E-state index contributed by atoms with van der Waals surface area (Å²) in [6.07, 6.45) is 1.90. The van der Waals surface area contributed by atoms with E-state index in [4.69, 9.17) is 4.74 Å². The lowest BCUT2D eigenvalue weighted by Crippen LogP contribution is -2.36. The molecule has 0 radical (unpaired) electrons. The molecule has 1 saturated heterocycles. The predicted molar refractivity (Wildman–Crippen MR) is 76.6 cm³/mol. The molecule has 0 unspecified atom stereocenters. The van der Waals surface area contributed by atoms with Gasteiger partial charge in [0, 0.05) is 35.6 Å². The van der Waals surface area contributed by atoms with E-state index in [0.29, 0.717) is 0 Å². The first-order valence-corrected chi connectivity index (χ1v) is 6.61. The van der Waals surface area contributed by atoms with Crippen LogP contribution in [-0.4, -0.2) is 36.3 Å². The Balaban J connectivity index is 1.95. The molecule has 1 aromatic carbocycles. The molecule has 0 saturated carbocycles. The number of hydrogen-bond donors (Lipinski definition) is 1. The number of aromatic amines is 1. The van der Waals surface area contributed by atoms with Gasteiger partial charge in [0.15, 0.2) is 5.82 Å². The van der Waals surface area contributed by atoms with E-state index >= 15 is 0 Å². The highest BCUT2D eigenvalue weighted by molar-refractivity contribution is 6.10. The molecule has 0 spiro atoms. The number of fused-ring (bicyclic) bond motifs is 3. The highest BCUT2D eigenvalue weighted by Gasteiger charge is 2.17. The molecule has 1 aliphatic heterocycles. The van der Waals surface area contributed by atoms with E-state index in [-0.39, 0.29) is 0 Å². The molecule has 4 heteroatoms. The SMILES string of the molecule is c1ccc2c(c1)[nH]c1c(N3CCOCC3)nccc12. The van der Waals surface area contributed by atoms with E-state index in [1.165, 1.54) is 16.3 Å². The van der Waals surface area contributed by atoms with Gasteiger partial charge in [-0.05, 0) is 12.1 Å². The molecular formula is C15H15N3O. The normalized spacial score (nSPS) is 16.3. The molecular weight excluding hydrogens is 238 g/mol. The molecule has 4 nitrogen and oxygen atoms in total. The topological polar surface area (TPSA) is 41.2 Å². The van der Waals surface area contributed by atoms with Gasteiger partial charge >= 0.3 is 0 Å². The molecule has 0 amide bonds. The number of ether oxygens (including phenoxy) is 1. The van der Waals surface area contributed by atoms with Crippen molar-refractivity contribution in [2.75, 3.05) is 31.2 Å². The zero-order chi connectivity index (χ0) is 12.7. The van der Waals surface area contributed by atoms with Gasteiger partial charge in [0.05, 0.1) is 18.7 Å². The minimum Gasteiger partial charge on any atom is -0.378 e. The van der Waals surface area contributed by atoms with Crippen molar-refractivity contribution in [3.63, 3.8) is 0 Å². The Labute approximate surface area is 111 Å². The number of morpholine rings is 1. The number of benzene rings is 1. The van der Waals surface area contributed by atoms with Gasteiger partial charge in [-0.25, -0.2) is 4.98 Å². The first-order valence-electron chi connectivity index (χ1n) is 6.61. The number of H-pyrrole nitrogens is 1. The summed E-state index contributed by atoms with van der Waals surface area (Å²) in [5.74, 6) is 1.04. The number of nitrogens with one attached hydrogen (secondary N) is 1. The summed E-state index contributed by atoms with van der Waals surface area (Å²) in [7, 11) is 0. The van der Waals surface area contributed by atoms with Gasteiger partial charge in [-0.3, -0.25) is 0 Å². The fraction of sp³-hybridized carbons (Fsp3) is 0.267. The minimum atomic E-state index is 0.776. The number of pyridine rings is 1. The van der Waals surface area contributed by atoms with Gasteiger partial charge in [0.2, 0.25) is 0 Å². The summed E-state index contributed by atoms with van der Waals surface area (Å²) in [6.45, 7) is 3.36. The maximum Gasteiger partial charge on any atom is 0.153 e. The van der Waals surface area contributed by atoms with Crippen LogP contribution in [-0.2, 0) is 4.74 Å². The third-order valence-corrected chi connectivity index (χ3v) is 3.72. The summed E-state index contributed by atoms with van der Waals surface area (Å²) < 4.78 is 5.41. The highest BCUT2D eigenvalue weighted by Crippen LogP contribution is 2.30. The lowest BCUT2D eigenvalue weighted by Gasteiger charge is -2.28. The number of anilines is 1. The van der Waals surface area contributed by atoms with Crippen molar-refractivity contribution < 1.29 is 4.74 Å². The average Bonchev–Trinajstić information content (AvgIpc) is 2.87. The highest BCUT2D eigenvalue weighted by atomic mass is 16.5. The van der Waals surface area contributed by atoms with Crippen molar-refractivity contribution in [3.05, 3.63) is 36.5 Å². The Morgan fingerprint density at radius 1 is 1.05 bits per heavy atom. The Morgan fingerprint density at radius 3 is 2.79 bits per heavy atom. The molecule has 1 N–H and O–H groups in total. The first kappa shape index (κ1) is 10.8. The van der Waals surface area contributed by atoms with E-state index in [0.717, 1.165) is 37.6 Å². The predicted octanol–water partition coefficient (Wildman–Crippen LogP) is 2.55. The van der Waals surface area contributed by atoms with Crippen LogP contribution >= 0.6 is 0 Å². The fourth-order valence-electron chi connectivity index (χ4n) is 2.77. The summed E-state index contributed by atoms with van der Waals surface area (Å²) in [6, 6.07) is 10.5. The largest absolute Gasteiger partial charge is 0.378 e. The number of para-hydroxylation sites is 1. The maximum atomic E-state index is 5.41. The van der Waals surface area contributed by atoms with Gasteiger partial charge in [-0.1, -0.05) is 18.2 Å². The third kappa shape index (κ3) is 1.68. The van der Waals surface area contributed by atoms with E-state index in [1.807, 2.05) is 6.20 Å². The minimum absolute atomic E-state index is 0.776. The van der Waals surface area contributed by atoms with Crippen LogP contribution < -0.4 is 4.90 Å². The van der Waals surface area contributed by atoms with Gasteiger partial charge in [0.1, 0.15) is 0 Å². The summed E-state index contributed by atoms with van der Waals surface area (Å²) >= 11 is 0. The van der Waals surface area contributed by atoms with Crippen molar-refractivity contribution in [1.82, 2.24) is 9.97 Å². The Kier molecular flexibility index (Phi) is 2.42. The van der Waals surface area contributed by atoms with E-state index < -0.39 is 0 Å². The second-order valence-corrected chi connectivity index (χ2v) is 4.83. The molecule has 3 aromatic rings. The van der Waals surface area contributed by atoms with Crippen LogP contribution in [0.4, 0.5) is 5.82 Å². The van der Waals surface area contributed by atoms with Crippen LogP contribution in [0.5, 0.6) is 0 Å². The number of hydrogen-bond acceptors (Lipinski definition) is 3. The van der Waals surface area contributed by atoms with E-state index in [1.54, 1.807) is 0 Å². The van der Waals surface area contributed by atoms with Crippen LogP contribution in [0.1, 0.15) is 0 Å². The quantitative estimate of drug-likeness (QED) is 0.724. The van der Waals surface area contributed by atoms with Crippen LogP contribution in [0.15, 0.2) is 36.5 Å². The van der Waals surface area contributed by atoms with Crippen molar-refractivity contribution >= 4 is 27.6 Å². The molecule has 3 heterocycles. The van der Waals surface area contributed by atoms with Gasteiger partial charge in [0.25, 0.3) is 0 Å². The van der Waals surface area contributed by atoms with Crippen molar-refractivity contribution in [2.24, 2.45) is 0 Å². The standard InChI is InChI=1S/C15H15N3O/c1-2-4-13-11(3-1)12-5-6-16-15(14(12)17-13)18-7-9-19-10-8-18/h1-6,17H,7-10H2. The molecule has 96 valence electrons. The number of nitrogens with zero attached hydrogens (tertiary/aromatic N) is 2. The maximum absolute atomic E-state index is 5.41. The van der Waals surface area contributed by atoms with Crippen molar-refractivity contribution in [3.8, 4) is 0 Å². The second kappa shape index (κ2) is 4.24.